The highest BCUT2D eigenvalue weighted by Crippen LogP contribution is 2.14. The zero-order valence-electron chi connectivity index (χ0n) is 13.0. The van der Waals surface area contributed by atoms with Crippen molar-refractivity contribution < 1.29 is 4.39 Å². The summed E-state index contributed by atoms with van der Waals surface area (Å²) in [7, 11) is 0. The van der Waals surface area contributed by atoms with Gasteiger partial charge in [-0.3, -0.25) is 14.8 Å². The van der Waals surface area contributed by atoms with Crippen molar-refractivity contribution in [1.82, 2.24) is 14.8 Å². The minimum absolute atomic E-state index is 0.124. The Morgan fingerprint density at radius 2 is 1.57 bits per heavy atom. The SMILES string of the molecule is N#Cc1cc(CN2CCN(Cc3ccncc3)CC2)ccc1F. The first kappa shape index (κ1) is 15.6. The highest BCUT2D eigenvalue weighted by Gasteiger charge is 2.17. The van der Waals surface area contributed by atoms with E-state index in [0.29, 0.717) is 0 Å². The quantitative estimate of drug-likeness (QED) is 0.870. The maximum Gasteiger partial charge on any atom is 0.140 e. The van der Waals surface area contributed by atoms with Crippen LogP contribution in [0.4, 0.5) is 4.39 Å². The number of benzene rings is 1. The molecule has 0 saturated carbocycles. The number of piperazine rings is 1. The monoisotopic (exact) mass is 310 g/mol. The predicted octanol–water partition coefficient (Wildman–Crippen LogP) is 2.41. The minimum atomic E-state index is -0.446. The van der Waals surface area contributed by atoms with Gasteiger partial charge in [-0.05, 0) is 35.4 Å². The number of pyridine rings is 1. The van der Waals surface area contributed by atoms with Gasteiger partial charge in [0.05, 0.1) is 5.56 Å². The van der Waals surface area contributed by atoms with Crippen molar-refractivity contribution in [3.05, 3.63) is 65.2 Å². The molecule has 0 amide bonds. The summed E-state index contributed by atoms with van der Waals surface area (Å²) in [6.07, 6.45) is 3.65. The molecule has 1 aliphatic rings. The number of hydrogen-bond acceptors (Lipinski definition) is 4. The van der Waals surface area contributed by atoms with Crippen molar-refractivity contribution >= 4 is 0 Å². The third kappa shape index (κ3) is 4.13. The summed E-state index contributed by atoms with van der Waals surface area (Å²) < 4.78 is 13.4. The molecule has 2 heterocycles. The van der Waals surface area contributed by atoms with Crippen LogP contribution in [0.2, 0.25) is 0 Å². The second-order valence-electron chi connectivity index (χ2n) is 5.83. The van der Waals surface area contributed by atoms with Crippen LogP contribution >= 0.6 is 0 Å². The second kappa shape index (κ2) is 7.32. The Balaban J connectivity index is 1.52. The van der Waals surface area contributed by atoms with E-state index in [1.165, 1.54) is 11.6 Å². The molecule has 1 saturated heterocycles. The lowest BCUT2D eigenvalue weighted by molar-refractivity contribution is 0.122. The molecule has 0 atom stereocenters. The Kier molecular flexibility index (Phi) is 4.96. The Morgan fingerprint density at radius 1 is 0.957 bits per heavy atom. The number of hydrogen-bond donors (Lipinski definition) is 0. The molecule has 4 nitrogen and oxygen atoms in total. The maximum atomic E-state index is 13.4. The van der Waals surface area contributed by atoms with Gasteiger partial charge in [0.2, 0.25) is 0 Å². The lowest BCUT2D eigenvalue weighted by Gasteiger charge is -2.34. The zero-order chi connectivity index (χ0) is 16.1. The van der Waals surface area contributed by atoms with E-state index in [1.807, 2.05) is 30.6 Å². The van der Waals surface area contributed by atoms with Crippen LogP contribution in [0.1, 0.15) is 16.7 Å². The highest BCUT2D eigenvalue weighted by atomic mass is 19.1. The van der Waals surface area contributed by atoms with E-state index in [1.54, 1.807) is 12.1 Å². The molecule has 0 radical (unpaired) electrons. The lowest BCUT2D eigenvalue weighted by Crippen LogP contribution is -2.45. The van der Waals surface area contributed by atoms with E-state index >= 15 is 0 Å². The van der Waals surface area contributed by atoms with Crippen LogP contribution in [0.15, 0.2) is 42.7 Å². The van der Waals surface area contributed by atoms with Gasteiger partial charge in [-0.15, -0.1) is 0 Å². The second-order valence-corrected chi connectivity index (χ2v) is 5.83. The normalized spacial score (nSPS) is 16.2. The van der Waals surface area contributed by atoms with Gasteiger partial charge < -0.3 is 0 Å². The van der Waals surface area contributed by atoms with Gasteiger partial charge in [0.25, 0.3) is 0 Å². The Morgan fingerprint density at radius 3 is 2.17 bits per heavy atom. The third-order valence-electron chi connectivity index (χ3n) is 4.18. The van der Waals surface area contributed by atoms with Gasteiger partial charge in [-0.2, -0.15) is 5.26 Å². The molecule has 1 fully saturated rings. The first-order valence-electron chi connectivity index (χ1n) is 7.77. The molecule has 0 aliphatic carbocycles. The average molecular weight is 310 g/mol. The van der Waals surface area contributed by atoms with Crippen molar-refractivity contribution in [2.24, 2.45) is 0 Å². The topological polar surface area (TPSA) is 43.2 Å². The summed E-state index contributed by atoms with van der Waals surface area (Å²) in [6, 6.07) is 10.8. The molecule has 0 N–H and O–H groups in total. The van der Waals surface area contributed by atoms with E-state index in [-0.39, 0.29) is 5.56 Å². The Labute approximate surface area is 135 Å². The zero-order valence-corrected chi connectivity index (χ0v) is 13.0. The van der Waals surface area contributed by atoms with Crippen LogP contribution in [0, 0.1) is 17.1 Å². The standard InChI is InChI=1S/C18H19FN4/c19-18-2-1-16(11-17(18)12-20)14-23-9-7-22(8-10-23)13-15-3-5-21-6-4-15/h1-6,11H,7-10,13-14H2. The fourth-order valence-electron chi connectivity index (χ4n) is 2.87. The summed E-state index contributed by atoms with van der Waals surface area (Å²) in [4.78, 5) is 8.81. The minimum Gasteiger partial charge on any atom is -0.297 e. The number of nitrogens with zero attached hydrogens (tertiary/aromatic N) is 4. The Hall–Kier alpha value is -2.29. The van der Waals surface area contributed by atoms with Crippen molar-refractivity contribution in [3.63, 3.8) is 0 Å². The first-order chi connectivity index (χ1) is 11.2. The van der Waals surface area contributed by atoms with Gasteiger partial charge in [-0.25, -0.2) is 4.39 Å². The van der Waals surface area contributed by atoms with E-state index in [0.717, 1.165) is 44.8 Å². The van der Waals surface area contributed by atoms with Crippen molar-refractivity contribution in [2.45, 2.75) is 13.1 Å². The van der Waals surface area contributed by atoms with Crippen LogP contribution in [0.25, 0.3) is 0 Å². The molecule has 0 bridgehead atoms. The smallest absolute Gasteiger partial charge is 0.140 e. The van der Waals surface area contributed by atoms with Crippen LogP contribution in [-0.4, -0.2) is 41.0 Å². The van der Waals surface area contributed by atoms with Gasteiger partial charge in [0.1, 0.15) is 11.9 Å². The summed E-state index contributed by atoms with van der Waals surface area (Å²) in [5.41, 5.74) is 2.40. The van der Waals surface area contributed by atoms with Gasteiger partial charge in [0.15, 0.2) is 0 Å². The molecule has 1 aromatic heterocycles. The van der Waals surface area contributed by atoms with Crippen LogP contribution in [-0.2, 0) is 13.1 Å². The molecule has 0 spiro atoms. The van der Waals surface area contributed by atoms with E-state index in [4.69, 9.17) is 5.26 Å². The fraction of sp³-hybridized carbons (Fsp3) is 0.333. The highest BCUT2D eigenvalue weighted by molar-refractivity contribution is 5.34. The first-order valence-corrected chi connectivity index (χ1v) is 7.77. The van der Waals surface area contributed by atoms with E-state index < -0.39 is 5.82 Å². The molecule has 1 aromatic carbocycles. The van der Waals surface area contributed by atoms with Gasteiger partial charge >= 0.3 is 0 Å². The van der Waals surface area contributed by atoms with E-state index in [9.17, 15) is 4.39 Å². The molecule has 118 valence electrons. The molecule has 3 rings (SSSR count). The number of aromatic nitrogens is 1. The van der Waals surface area contributed by atoms with Gasteiger partial charge in [0, 0.05) is 51.7 Å². The van der Waals surface area contributed by atoms with Crippen molar-refractivity contribution in [3.8, 4) is 6.07 Å². The van der Waals surface area contributed by atoms with Crippen molar-refractivity contribution in [1.29, 1.82) is 5.26 Å². The molecule has 2 aromatic rings. The fourth-order valence-corrected chi connectivity index (χ4v) is 2.87. The van der Waals surface area contributed by atoms with Crippen molar-refractivity contribution in [2.75, 3.05) is 26.2 Å². The van der Waals surface area contributed by atoms with Crippen LogP contribution in [0.3, 0.4) is 0 Å². The third-order valence-corrected chi connectivity index (χ3v) is 4.18. The molecular weight excluding hydrogens is 291 g/mol. The largest absolute Gasteiger partial charge is 0.297 e. The van der Waals surface area contributed by atoms with Crippen LogP contribution < -0.4 is 0 Å². The summed E-state index contributed by atoms with van der Waals surface area (Å²) in [6.45, 7) is 5.68. The number of rotatable bonds is 4. The van der Waals surface area contributed by atoms with Gasteiger partial charge in [-0.1, -0.05) is 6.07 Å². The number of nitriles is 1. The molecule has 0 unspecified atom stereocenters. The molecular formula is C18H19FN4. The maximum absolute atomic E-state index is 13.4. The summed E-state index contributed by atoms with van der Waals surface area (Å²) in [5, 5.41) is 8.91. The Bertz CT molecular complexity index is 688. The number of halogens is 1. The summed E-state index contributed by atoms with van der Waals surface area (Å²) >= 11 is 0. The molecule has 23 heavy (non-hydrogen) atoms. The summed E-state index contributed by atoms with van der Waals surface area (Å²) in [5.74, 6) is -0.446. The molecule has 1 aliphatic heterocycles. The van der Waals surface area contributed by atoms with E-state index in [2.05, 4.69) is 14.8 Å². The van der Waals surface area contributed by atoms with Crippen LogP contribution in [0.5, 0.6) is 0 Å². The predicted molar refractivity (Wildman–Crippen MR) is 85.9 cm³/mol. The molecule has 5 heteroatoms. The lowest BCUT2D eigenvalue weighted by atomic mass is 10.1. The average Bonchev–Trinajstić information content (AvgIpc) is 2.59.